The van der Waals surface area contributed by atoms with E-state index in [2.05, 4.69) is 11.7 Å². The highest BCUT2D eigenvalue weighted by atomic mass is 19.4. The molecular weight excluding hydrogens is 375 g/mol. The molecule has 1 aromatic carbocycles. The molecule has 1 nitrogen and oxygen atoms in total. The minimum Gasteiger partial charge on any atom is -0.481 e. The number of alkyl halides is 3. The average molecular weight is 404 g/mol. The molecule has 0 atom stereocenters. The fourth-order valence-corrected chi connectivity index (χ4v) is 5.10. The monoisotopic (exact) mass is 404 g/mol. The van der Waals surface area contributed by atoms with Crippen LogP contribution >= 0.6 is 0 Å². The number of rotatable bonds is 5. The van der Waals surface area contributed by atoms with Crippen molar-refractivity contribution in [3.8, 4) is 5.75 Å². The van der Waals surface area contributed by atoms with Gasteiger partial charge < -0.3 is 4.74 Å². The molecule has 3 rings (SSSR count). The molecule has 0 bridgehead atoms. The number of halogens is 5. The van der Waals surface area contributed by atoms with Crippen molar-refractivity contribution < 1.29 is 26.7 Å². The van der Waals surface area contributed by atoms with Crippen LogP contribution in [0.3, 0.4) is 0 Å². The van der Waals surface area contributed by atoms with E-state index in [1.807, 2.05) is 0 Å². The van der Waals surface area contributed by atoms with Crippen molar-refractivity contribution in [2.24, 2.45) is 17.8 Å². The molecule has 2 fully saturated rings. The number of hydrogen-bond acceptors (Lipinski definition) is 1. The number of hydrogen-bond donors (Lipinski definition) is 0. The minimum atomic E-state index is -4.59. The first-order valence-electron chi connectivity index (χ1n) is 10.5. The van der Waals surface area contributed by atoms with Crippen LogP contribution in [0.15, 0.2) is 12.1 Å². The Morgan fingerprint density at radius 2 is 1.43 bits per heavy atom. The molecule has 0 aliphatic heterocycles. The standard InChI is InChI=1S/C22H29F5O/c1-2-14-3-5-15(6-4-14)16-7-9-17(10-8-16)18-11-12-19(21(24)20(18)23)28-13-22(25,26)27/h11-12,14-17H,2-10,13H2,1H3. The topological polar surface area (TPSA) is 9.23 Å². The van der Waals surface area contributed by atoms with E-state index in [9.17, 15) is 22.0 Å². The first kappa shape index (κ1) is 21.4. The lowest BCUT2D eigenvalue weighted by molar-refractivity contribution is -0.153. The summed E-state index contributed by atoms with van der Waals surface area (Å²) in [6, 6.07) is 2.51. The predicted molar refractivity (Wildman–Crippen MR) is 98.3 cm³/mol. The lowest BCUT2D eigenvalue weighted by Gasteiger charge is -2.38. The average Bonchev–Trinajstić information content (AvgIpc) is 2.69. The smallest absolute Gasteiger partial charge is 0.422 e. The van der Waals surface area contributed by atoms with Gasteiger partial charge in [-0.25, -0.2) is 4.39 Å². The van der Waals surface area contributed by atoms with Crippen molar-refractivity contribution >= 4 is 0 Å². The van der Waals surface area contributed by atoms with Gasteiger partial charge in [0, 0.05) is 0 Å². The van der Waals surface area contributed by atoms with Gasteiger partial charge in [-0.1, -0.05) is 32.3 Å². The van der Waals surface area contributed by atoms with Crippen LogP contribution in [-0.4, -0.2) is 12.8 Å². The van der Waals surface area contributed by atoms with Gasteiger partial charge in [-0.05, 0) is 73.8 Å². The summed E-state index contributed by atoms with van der Waals surface area (Å²) in [6.45, 7) is 0.622. The maximum atomic E-state index is 14.5. The molecule has 158 valence electrons. The molecule has 0 radical (unpaired) electrons. The van der Waals surface area contributed by atoms with Gasteiger partial charge >= 0.3 is 6.18 Å². The molecule has 0 unspecified atom stereocenters. The van der Waals surface area contributed by atoms with Crippen LogP contribution in [0.2, 0.25) is 0 Å². The normalized spacial score (nSPS) is 28.9. The van der Waals surface area contributed by atoms with Crippen molar-refractivity contribution in [1.29, 1.82) is 0 Å². The summed E-state index contributed by atoms with van der Waals surface area (Å²) in [5, 5.41) is 0. The molecule has 0 aromatic heterocycles. The summed E-state index contributed by atoms with van der Waals surface area (Å²) in [5.41, 5.74) is 0.269. The Morgan fingerprint density at radius 3 is 1.96 bits per heavy atom. The van der Waals surface area contributed by atoms with E-state index in [0.29, 0.717) is 5.92 Å². The Morgan fingerprint density at radius 1 is 0.857 bits per heavy atom. The van der Waals surface area contributed by atoms with Crippen LogP contribution in [-0.2, 0) is 0 Å². The van der Waals surface area contributed by atoms with Gasteiger partial charge in [-0.2, -0.15) is 17.6 Å². The van der Waals surface area contributed by atoms with Crippen molar-refractivity contribution in [1.82, 2.24) is 0 Å². The zero-order chi connectivity index (χ0) is 20.3. The van der Waals surface area contributed by atoms with E-state index in [4.69, 9.17) is 0 Å². The fraction of sp³-hybridized carbons (Fsp3) is 0.727. The molecular formula is C22H29F5O. The SMILES string of the molecule is CCC1CCC(C2CCC(c3ccc(OCC(F)(F)F)c(F)c3F)CC2)CC1. The zero-order valence-electron chi connectivity index (χ0n) is 16.3. The van der Waals surface area contributed by atoms with Gasteiger partial charge in [-0.3, -0.25) is 0 Å². The Balaban J connectivity index is 1.57. The maximum Gasteiger partial charge on any atom is 0.422 e. The number of benzene rings is 1. The van der Waals surface area contributed by atoms with Gasteiger partial charge in [0.2, 0.25) is 5.82 Å². The number of ether oxygens (including phenoxy) is 1. The Bertz CT molecular complexity index is 641. The second-order valence-corrected chi connectivity index (χ2v) is 8.49. The molecule has 6 heteroatoms. The van der Waals surface area contributed by atoms with Crippen molar-refractivity contribution in [3.63, 3.8) is 0 Å². The summed E-state index contributed by atoms with van der Waals surface area (Å²) in [7, 11) is 0. The van der Waals surface area contributed by atoms with E-state index in [1.165, 1.54) is 38.2 Å². The summed E-state index contributed by atoms with van der Waals surface area (Å²) >= 11 is 0. The van der Waals surface area contributed by atoms with Gasteiger partial charge in [-0.15, -0.1) is 0 Å². The molecule has 2 aliphatic carbocycles. The molecule has 2 saturated carbocycles. The molecule has 28 heavy (non-hydrogen) atoms. The largest absolute Gasteiger partial charge is 0.481 e. The van der Waals surface area contributed by atoms with Crippen LogP contribution in [0.25, 0.3) is 0 Å². The lowest BCUT2D eigenvalue weighted by atomic mass is 9.68. The second kappa shape index (κ2) is 9.00. The van der Waals surface area contributed by atoms with Crippen LogP contribution < -0.4 is 4.74 Å². The first-order valence-corrected chi connectivity index (χ1v) is 10.5. The third kappa shape index (κ3) is 5.18. The van der Waals surface area contributed by atoms with E-state index in [-0.39, 0.29) is 11.5 Å². The third-order valence-corrected chi connectivity index (χ3v) is 6.82. The highest BCUT2D eigenvalue weighted by molar-refractivity contribution is 5.33. The molecule has 0 heterocycles. The molecule has 0 N–H and O–H groups in total. The quantitative estimate of drug-likeness (QED) is 0.465. The third-order valence-electron chi connectivity index (χ3n) is 6.82. The van der Waals surface area contributed by atoms with Crippen molar-refractivity contribution in [3.05, 3.63) is 29.3 Å². The fourth-order valence-electron chi connectivity index (χ4n) is 5.10. The predicted octanol–water partition coefficient (Wildman–Crippen LogP) is 7.40. The Labute approximate surface area is 163 Å². The summed E-state index contributed by atoms with van der Waals surface area (Å²) < 4.78 is 69.7. The summed E-state index contributed by atoms with van der Waals surface area (Å²) in [4.78, 5) is 0. The zero-order valence-corrected chi connectivity index (χ0v) is 16.3. The van der Waals surface area contributed by atoms with Crippen LogP contribution in [0.4, 0.5) is 22.0 Å². The van der Waals surface area contributed by atoms with E-state index in [0.717, 1.165) is 43.6 Å². The van der Waals surface area contributed by atoms with Gasteiger partial charge in [0.15, 0.2) is 18.2 Å². The Hall–Kier alpha value is -1.33. The molecule has 0 spiro atoms. The van der Waals surface area contributed by atoms with E-state index >= 15 is 0 Å². The first-order chi connectivity index (χ1) is 13.3. The molecule has 1 aromatic rings. The van der Waals surface area contributed by atoms with E-state index in [1.54, 1.807) is 0 Å². The minimum absolute atomic E-state index is 0.0746. The van der Waals surface area contributed by atoms with Crippen LogP contribution in [0, 0.1) is 29.4 Å². The van der Waals surface area contributed by atoms with Gasteiger partial charge in [0.1, 0.15) is 0 Å². The van der Waals surface area contributed by atoms with Gasteiger partial charge in [0.25, 0.3) is 0 Å². The molecule has 2 aliphatic rings. The summed E-state index contributed by atoms with van der Waals surface area (Å²) in [5.74, 6) is -0.856. The van der Waals surface area contributed by atoms with Crippen molar-refractivity contribution in [2.75, 3.05) is 6.61 Å². The van der Waals surface area contributed by atoms with Crippen LogP contribution in [0.1, 0.15) is 76.2 Å². The van der Waals surface area contributed by atoms with Crippen molar-refractivity contribution in [2.45, 2.75) is 76.8 Å². The molecule has 0 saturated heterocycles. The molecule has 0 amide bonds. The highest BCUT2D eigenvalue weighted by Crippen LogP contribution is 2.45. The second-order valence-electron chi connectivity index (χ2n) is 8.49. The summed E-state index contributed by atoms with van der Waals surface area (Å²) in [6.07, 6.45) is 5.47. The highest BCUT2D eigenvalue weighted by Gasteiger charge is 2.33. The lowest BCUT2D eigenvalue weighted by Crippen LogP contribution is -2.25. The van der Waals surface area contributed by atoms with Crippen LogP contribution in [0.5, 0.6) is 5.75 Å². The van der Waals surface area contributed by atoms with Gasteiger partial charge in [0.05, 0.1) is 0 Å². The maximum absolute atomic E-state index is 14.5. The Kier molecular flexibility index (Phi) is 6.87. The van der Waals surface area contributed by atoms with E-state index < -0.39 is 30.2 Å².